The highest BCUT2D eigenvalue weighted by molar-refractivity contribution is 5.93. The summed E-state index contributed by atoms with van der Waals surface area (Å²) < 4.78 is 30.5. The van der Waals surface area contributed by atoms with E-state index in [9.17, 15) is 43.4 Å². The summed E-state index contributed by atoms with van der Waals surface area (Å²) in [6.07, 6.45) is -6.25. The Morgan fingerprint density at radius 2 is 1.54 bits per heavy atom. The van der Waals surface area contributed by atoms with Gasteiger partial charge in [-0.05, 0) is 24.0 Å². The number of aliphatic hydroxyl groups excluding tert-OH is 2. The highest BCUT2D eigenvalue weighted by Crippen LogP contribution is 2.28. The summed E-state index contributed by atoms with van der Waals surface area (Å²) in [6, 6.07) is 14.3. The summed E-state index contributed by atoms with van der Waals surface area (Å²) in [6.45, 7) is 4.18. The number of carbonyl (C=O) groups is 4. The zero-order chi connectivity index (χ0) is 37.9. The molecule has 17 heteroatoms. The third-order valence-corrected chi connectivity index (χ3v) is 8.55. The second kappa shape index (κ2) is 18.2. The van der Waals surface area contributed by atoms with Crippen LogP contribution < -0.4 is 27.2 Å². The first-order chi connectivity index (χ1) is 24.8. The van der Waals surface area contributed by atoms with Crippen LogP contribution in [-0.4, -0.2) is 86.7 Å². The molecule has 0 saturated carbocycles. The standard InChI is InChI=1S/C35H42FN5O11/c1-4-19(2)26(33(47)50-18-25-27(42)28(43)32(52-25)41-16-23(36)30(45)40-34(41)48)39-29(44)20(3)37-31(46)24(15-21-11-7-5-8-12-21)38-35(49)51-17-22-13-9-6-10-14-22/h5-14,16,19-20,24-28,32,42-43H,4,15,17-18H2,1-3H3,(H,37,46)(H,38,49)(H,39,44)(H,40,45,48)/t19-,20-,24-,25+,26-,27+,28+,32+/m0/s1. The number of ether oxygens (including phenoxy) is 3. The van der Waals surface area contributed by atoms with Crippen molar-refractivity contribution in [3.63, 3.8) is 0 Å². The first kappa shape index (κ1) is 39.4. The van der Waals surface area contributed by atoms with Crippen LogP contribution >= 0.6 is 0 Å². The molecule has 52 heavy (non-hydrogen) atoms. The number of aromatic nitrogens is 2. The SMILES string of the molecule is CC[C@H](C)[C@H](NC(=O)[C@H](C)NC(=O)[C@H](Cc1ccccc1)NC(=O)OCc1ccccc1)C(=O)OC[C@H]1O[C@@H](n2cc(F)c(=O)[nH]c2=O)[C@H](O)[C@@H]1O. The van der Waals surface area contributed by atoms with Gasteiger partial charge in [0, 0.05) is 6.42 Å². The molecule has 280 valence electrons. The highest BCUT2D eigenvalue weighted by atomic mass is 19.1. The molecule has 4 rings (SSSR count). The van der Waals surface area contributed by atoms with Crippen LogP contribution in [0.15, 0.2) is 76.4 Å². The number of halogens is 1. The van der Waals surface area contributed by atoms with E-state index in [4.69, 9.17) is 14.2 Å². The van der Waals surface area contributed by atoms with Crippen molar-refractivity contribution in [3.8, 4) is 0 Å². The van der Waals surface area contributed by atoms with Crippen molar-refractivity contribution >= 4 is 23.9 Å². The Morgan fingerprint density at radius 1 is 0.904 bits per heavy atom. The summed E-state index contributed by atoms with van der Waals surface area (Å²) in [5.74, 6) is -4.16. The third-order valence-electron chi connectivity index (χ3n) is 8.55. The van der Waals surface area contributed by atoms with E-state index in [0.29, 0.717) is 17.2 Å². The van der Waals surface area contributed by atoms with Gasteiger partial charge in [0.2, 0.25) is 17.6 Å². The van der Waals surface area contributed by atoms with E-state index in [0.717, 1.165) is 11.1 Å². The fourth-order valence-electron chi connectivity index (χ4n) is 5.29. The number of aromatic amines is 1. The van der Waals surface area contributed by atoms with Crippen LogP contribution in [0.25, 0.3) is 0 Å². The number of carbonyl (C=O) groups excluding carboxylic acids is 4. The Labute approximate surface area is 297 Å². The fraction of sp³-hybridized carbons (Fsp3) is 0.429. The van der Waals surface area contributed by atoms with Gasteiger partial charge in [0.1, 0.15) is 49.7 Å². The number of aliphatic hydroxyl groups is 2. The van der Waals surface area contributed by atoms with Gasteiger partial charge in [-0.25, -0.2) is 14.4 Å². The Morgan fingerprint density at radius 3 is 2.17 bits per heavy atom. The average Bonchev–Trinajstić information content (AvgIpc) is 3.42. The lowest BCUT2D eigenvalue weighted by atomic mass is 9.98. The zero-order valence-corrected chi connectivity index (χ0v) is 28.7. The van der Waals surface area contributed by atoms with Gasteiger partial charge in [-0.3, -0.25) is 23.9 Å². The lowest BCUT2D eigenvalue weighted by Gasteiger charge is -2.26. The molecule has 1 saturated heterocycles. The molecule has 1 aromatic heterocycles. The third kappa shape index (κ3) is 10.3. The van der Waals surface area contributed by atoms with Crippen LogP contribution in [0.1, 0.15) is 44.5 Å². The lowest BCUT2D eigenvalue weighted by molar-refractivity contribution is -0.155. The topological polar surface area (TPSA) is 227 Å². The number of nitrogens with one attached hydrogen (secondary N) is 4. The molecule has 6 N–H and O–H groups in total. The molecule has 2 aromatic carbocycles. The Bertz CT molecular complexity index is 1810. The molecular formula is C35H42FN5O11. The molecule has 0 radical (unpaired) electrons. The van der Waals surface area contributed by atoms with E-state index in [1.807, 2.05) is 6.07 Å². The van der Waals surface area contributed by atoms with Gasteiger partial charge in [0.15, 0.2) is 6.23 Å². The number of nitrogens with zero attached hydrogens (tertiary/aromatic N) is 1. The number of rotatable bonds is 15. The Kier molecular flexibility index (Phi) is 13.8. The number of benzene rings is 2. The lowest BCUT2D eigenvalue weighted by Crippen LogP contribution is -2.56. The zero-order valence-electron chi connectivity index (χ0n) is 28.7. The number of hydrogen-bond acceptors (Lipinski definition) is 11. The highest BCUT2D eigenvalue weighted by Gasteiger charge is 2.45. The van der Waals surface area contributed by atoms with Crippen LogP contribution in [0.3, 0.4) is 0 Å². The molecule has 3 aromatic rings. The normalized spacial score (nSPS) is 20.5. The van der Waals surface area contributed by atoms with Crippen molar-refractivity contribution < 1.29 is 48.0 Å². The number of esters is 1. The molecule has 3 amide bonds. The average molecular weight is 728 g/mol. The quantitative estimate of drug-likeness (QED) is 0.118. The second-order valence-electron chi connectivity index (χ2n) is 12.4. The van der Waals surface area contributed by atoms with Crippen molar-refractivity contribution in [2.24, 2.45) is 5.92 Å². The van der Waals surface area contributed by atoms with Gasteiger partial charge in [0.25, 0.3) is 5.56 Å². The number of H-pyrrole nitrogens is 1. The molecule has 1 fully saturated rings. The maximum Gasteiger partial charge on any atom is 0.408 e. The molecule has 2 heterocycles. The summed E-state index contributed by atoms with van der Waals surface area (Å²) in [5.41, 5.74) is -0.911. The minimum absolute atomic E-state index is 0.0274. The summed E-state index contributed by atoms with van der Waals surface area (Å²) in [7, 11) is 0. The van der Waals surface area contributed by atoms with E-state index in [1.165, 1.54) is 6.92 Å². The van der Waals surface area contributed by atoms with E-state index < -0.39 is 96.1 Å². The minimum atomic E-state index is -1.76. The first-order valence-corrected chi connectivity index (χ1v) is 16.6. The van der Waals surface area contributed by atoms with Gasteiger partial charge >= 0.3 is 17.8 Å². The van der Waals surface area contributed by atoms with Crippen molar-refractivity contribution in [1.82, 2.24) is 25.5 Å². The van der Waals surface area contributed by atoms with Crippen LogP contribution in [0.4, 0.5) is 9.18 Å². The molecule has 1 aliphatic rings. The largest absolute Gasteiger partial charge is 0.461 e. The maximum atomic E-state index is 13.8. The van der Waals surface area contributed by atoms with Crippen LogP contribution in [-0.2, 0) is 41.6 Å². The number of hydrogen-bond donors (Lipinski definition) is 6. The van der Waals surface area contributed by atoms with Crippen molar-refractivity contribution in [1.29, 1.82) is 0 Å². The molecule has 0 spiro atoms. The molecule has 8 atom stereocenters. The van der Waals surface area contributed by atoms with Crippen LogP contribution in [0, 0.1) is 11.7 Å². The van der Waals surface area contributed by atoms with Gasteiger partial charge in [-0.1, -0.05) is 80.9 Å². The van der Waals surface area contributed by atoms with E-state index in [1.54, 1.807) is 73.4 Å². The second-order valence-corrected chi connectivity index (χ2v) is 12.4. The van der Waals surface area contributed by atoms with Crippen LogP contribution in [0.2, 0.25) is 0 Å². The van der Waals surface area contributed by atoms with Crippen molar-refractivity contribution in [2.45, 2.75) is 82.9 Å². The number of amides is 3. The molecule has 0 aliphatic carbocycles. The smallest absolute Gasteiger partial charge is 0.408 e. The molecule has 16 nitrogen and oxygen atoms in total. The summed E-state index contributed by atoms with van der Waals surface area (Å²) in [5, 5.41) is 28.6. The predicted molar refractivity (Wildman–Crippen MR) is 181 cm³/mol. The monoisotopic (exact) mass is 727 g/mol. The number of alkyl carbamates (subject to hydrolysis) is 1. The van der Waals surface area contributed by atoms with Crippen molar-refractivity contribution in [2.75, 3.05) is 6.61 Å². The molecule has 0 unspecified atom stereocenters. The minimum Gasteiger partial charge on any atom is -0.461 e. The fourth-order valence-corrected chi connectivity index (χ4v) is 5.29. The first-order valence-electron chi connectivity index (χ1n) is 16.6. The Hall–Kier alpha value is -5.39. The molecule has 0 bridgehead atoms. The Balaban J connectivity index is 1.37. The van der Waals surface area contributed by atoms with Gasteiger partial charge in [-0.15, -0.1) is 0 Å². The van der Waals surface area contributed by atoms with Crippen LogP contribution in [0.5, 0.6) is 0 Å². The van der Waals surface area contributed by atoms with Crippen molar-refractivity contribution in [3.05, 3.63) is 105 Å². The molecular weight excluding hydrogens is 685 g/mol. The summed E-state index contributed by atoms with van der Waals surface area (Å²) in [4.78, 5) is 77.8. The summed E-state index contributed by atoms with van der Waals surface area (Å²) >= 11 is 0. The molecule has 1 aliphatic heterocycles. The van der Waals surface area contributed by atoms with E-state index >= 15 is 0 Å². The van der Waals surface area contributed by atoms with Gasteiger partial charge in [-0.2, -0.15) is 4.39 Å². The van der Waals surface area contributed by atoms with Gasteiger partial charge < -0.3 is 40.4 Å². The maximum absolute atomic E-state index is 13.8. The predicted octanol–water partition coefficient (Wildman–Crippen LogP) is 0.411. The van der Waals surface area contributed by atoms with Gasteiger partial charge in [0.05, 0.1) is 6.20 Å². The van der Waals surface area contributed by atoms with E-state index in [-0.39, 0.29) is 13.0 Å². The van der Waals surface area contributed by atoms with E-state index in [2.05, 4.69) is 16.0 Å².